The van der Waals surface area contributed by atoms with E-state index in [4.69, 9.17) is 4.74 Å². The van der Waals surface area contributed by atoms with Crippen molar-refractivity contribution in [2.75, 3.05) is 38.2 Å². The molecule has 138 valence electrons. The van der Waals surface area contributed by atoms with Gasteiger partial charge in [0.2, 0.25) is 0 Å². The van der Waals surface area contributed by atoms with Crippen molar-refractivity contribution >= 4 is 41.7 Å². The summed E-state index contributed by atoms with van der Waals surface area (Å²) in [4.78, 5) is 4.63. The molecule has 1 aromatic rings. The molecule has 0 fully saturated rings. The van der Waals surface area contributed by atoms with Crippen LogP contribution in [0.2, 0.25) is 0 Å². The van der Waals surface area contributed by atoms with Gasteiger partial charge in [0.05, 0.1) is 6.61 Å². The van der Waals surface area contributed by atoms with Crippen molar-refractivity contribution < 1.29 is 4.74 Å². The third-order valence-electron chi connectivity index (χ3n) is 3.33. The molecule has 1 aromatic carbocycles. The second-order valence-electron chi connectivity index (χ2n) is 5.18. The third-order valence-corrected chi connectivity index (χ3v) is 4.03. The summed E-state index contributed by atoms with van der Waals surface area (Å²) in [5, 5.41) is 6.71. The number of nitrogens with zero attached hydrogens (tertiary/aromatic N) is 1. The topological polar surface area (TPSA) is 45.7 Å². The molecule has 0 atom stereocenters. The van der Waals surface area contributed by atoms with E-state index < -0.39 is 0 Å². The Labute approximate surface area is 168 Å². The summed E-state index contributed by atoms with van der Waals surface area (Å²) in [6, 6.07) is 8.23. The maximum atomic E-state index is 5.67. The predicted octanol–water partition coefficient (Wildman–Crippen LogP) is 3.94. The van der Waals surface area contributed by atoms with Gasteiger partial charge in [0.1, 0.15) is 5.75 Å². The first kappa shape index (κ1) is 23.4. The van der Waals surface area contributed by atoms with Crippen molar-refractivity contribution in [3.63, 3.8) is 0 Å². The molecule has 0 aliphatic carbocycles. The van der Waals surface area contributed by atoms with Gasteiger partial charge in [-0.1, -0.05) is 18.2 Å². The zero-order valence-electron chi connectivity index (χ0n) is 15.1. The van der Waals surface area contributed by atoms with E-state index in [-0.39, 0.29) is 24.0 Å². The number of hydrogen-bond donors (Lipinski definition) is 2. The average molecular weight is 465 g/mol. The highest BCUT2D eigenvalue weighted by atomic mass is 127. The number of ether oxygens (including phenoxy) is 1. The van der Waals surface area contributed by atoms with Gasteiger partial charge in [0.25, 0.3) is 0 Å². The first-order chi connectivity index (χ1) is 11.3. The van der Waals surface area contributed by atoms with Crippen LogP contribution in [-0.4, -0.2) is 44.2 Å². The first-order valence-corrected chi connectivity index (χ1v) is 9.93. The molecule has 0 unspecified atom stereocenters. The molecule has 0 heterocycles. The fourth-order valence-electron chi connectivity index (χ4n) is 2.21. The molecule has 0 spiro atoms. The Balaban J connectivity index is 0.00000529. The molecule has 4 nitrogen and oxygen atoms in total. The predicted molar refractivity (Wildman–Crippen MR) is 118 cm³/mol. The lowest BCUT2D eigenvalue weighted by Crippen LogP contribution is -2.38. The van der Waals surface area contributed by atoms with Crippen molar-refractivity contribution in [1.82, 2.24) is 10.6 Å². The largest absolute Gasteiger partial charge is 0.494 e. The van der Waals surface area contributed by atoms with Crippen LogP contribution in [0.25, 0.3) is 0 Å². The van der Waals surface area contributed by atoms with Gasteiger partial charge < -0.3 is 15.4 Å². The summed E-state index contributed by atoms with van der Waals surface area (Å²) >= 11 is 1.90. The van der Waals surface area contributed by atoms with Crippen LogP contribution in [0.5, 0.6) is 5.75 Å². The van der Waals surface area contributed by atoms with Gasteiger partial charge in [-0.2, -0.15) is 11.8 Å². The van der Waals surface area contributed by atoms with Crippen LogP contribution in [-0.2, 0) is 6.42 Å². The zero-order chi connectivity index (χ0) is 16.8. The van der Waals surface area contributed by atoms with E-state index in [1.807, 2.05) is 30.8 Å². The van der Waals surface area contributed by atoms with Crippen LogP contribution in [0.3, 0.4) is 0 Å². The number of para-hydroxylation sites is 1. The molecule has 0 bridgehead atoms. The van der Waals surface area contributed by atoms with Gasteiger partial charge in [0.15, 0.2) is 5.96 Å². The van der Waals surface area contributed by atoms with Crippen LogP contribution >= 0.6 is 35.7 Å². The summed E-state index contributed by atoms with van der Waals surface area (Å²) in [6.45, 7) is 7.42. The Morgan fingerprint density at radius 1 is 1.17 bits per heavy atom. The summed E-state index contributed by atoms with van der Waals surface area (Å²) < 4.78 is 5.67. The molecule has 1 rings (SSSR count). The Morgan fingerprint density at radius 2 is 1.96 bits per heavy atom. The highest BCUT2D eigenvalue weighted by Crippen LogP contribution is 2.17. The lowest BCUT2D eigenvalue weighted by molar-refractivity contribution is 0.336. The number of guanidine groups is 1. The second kappa shape index (κ2) is 15.9. The van der Waals surface area contributed by atoms with E-state index in [0.29, 0.717) is 6.61 Å². The molecular weight excluding hydrogens is 433 g/mol. The number of unbranched alkanes of at least 4 members (excludes halogenated alkanes) is 1. The molecule has 0 aromatic heterocycles. The van der Waals surface area contributed by atoms with Crippen LogP contribution in [0, 0.1) is 0 Å². The number of benzene rings is 1. The minimum atomic E-state index is 0. The smallest absolute Gasteiger partial charge is 0.191 e. The Morgan fingerprint density at radius 3 is 2.67 bits per heavy atom. The fourth-order valence-corrected chi connectivity index (χ4v) is 2.71. The minimum absolute atomic E-state index is 0. The summed E-state index contributed by atoms with van der Waals surface area (Å²) in [6.07, 6.45) is 5.44. The standard InChI is InChI=1S/C18H31N3OS.HI/c1-4-19-18(20-13-8-9-15-23-3)21-14-12-16-10-6-7-11-17(16)22-5-2;/h6-7,10-11H,4-5,8-9,12-15H2,1-3H3,(H2,19,20,21);1H. The van der Waals surface area contributed by atoms with Crippen molar-refractivity contribution in [2.45, 2.75) is 33.1 Å². The maximum Gasteiger partial charge on any atom is 0.191 e. The van der Waals surface area contributed by atoms with Gasteiger partial charge in [-0.3, -0.25) is 4.99 Å². The fraction of sp³-hybridized carbons (Fsp3) is 0.611. The Hall–Kier alpha value is -0.630. The maximum absolute atomic E-state index is 5.67. The van der Waals surface area contributed by atoms with Gasteiger partial charge >= 0.3 is 0 Å². The normalized spacial score (nSPS) is 10.9. The van der Waals surface area contributed by atoms with Crippen LogP contribution in [0.4, 0.5) is 0 Å². The number of halogens is 1. The molecule has 2 N–H and O–H groups in total. The van der Waals surface area contributed by atoms with Crippen LogP contribution < -0.4 is 15.4 Å². The van der Waals surface area contributed by atoms with Crippen molar-refractivity contribution in [1.29, 1.82) is 0 Å². The summed E-state index contributed by atoms with van der Waals surface area (Å²) in [5.41, 5.74) is 1.23. The van der Waals surface area contributed by atoms with Gasteiger partial charge in [-0.25, -0.2) is 0 Å². The molecule has 6 heteroatoms. The quantitative estimate of drug-likeness (QED) is 0.225. The molecule has 0 saturated carbocycles. The minimum Gasteiger partial charge on any atom is -0.494 e. The number of hydrogen-bond acceptors (Lipinski definition) is 3. The molecule has 24 heavy (non-hydrogen) atoms. The summed E-state index contributed by atoms with van der Waals surface area (Å²) in [7, 11) is 0. The van der Waals surface area contributed by atoms with Gasteiger partial charge in [0, 0.05) is 19.6 Å². The second-order valence-corrected chi connectivity index (χ2v) is 6.16. The number of thioether (sulfide) groups is 1. The molecule has 0 radical (unpaired) electrons. The monoisotopic (exact) mass is 465 g/mol. The van der Waals surface area contributed by atoms with Crippen molar-refractivity contribution in [3.8, 4) is 5.75 Å². The Kier molecular flexibility index (Phi) is 15.5. The van der Waals surface area contributed by atoms with Crippen molar-refractivity contribution in [3.05, 3.63) is 29.8 Å². The molecule has 0 aliphatic heterocycles. The third kappa shape index (κ3) is 10.3. The van der Waals surface area contributed by atoms with E-state index in [1.54, 1.807) is 0 Å². The SMILES string of the molecule is CCNC(=NCCCCSC)NCCc1ccccc1OCC.I. The first-order valence-electron chi connectivity index (χ1n) is 8.53. The van der Waals surface area contributed by atoms with Crippen molar-refractivity contribution in [2.24, 2.45) is 4.99 Å². The van der Waals surface area contributed by atoms with Gasteiger partial charge in [-0.05, 0) is 56.7 Å². The van der Waals surface area contributed by atoms with E-state index >= 15 is 0 Å². The van der Waals surface area contributed by atoms with E-state index in [2.05, 4.69) is 40.9 Å². The highest BCUT2D eigenvalue weighted by Gasteiger charge is 2.03. The van der Waals surface area contributed by atoms with Gasteiger partial charge in [-0.15, -0.1) is 24.0 Å². The Bertz CT molecular complexity index is 458. The number of aliphatic imine (C=N–C) groups is 1. The summed E-state index contributed by atoms with van der Waals surface area (Å²) in [5.74, 6) is 3.11. The molecule has 0 saturated heterocycles. The lowest BCUT2D eigenvalue weighted by Gasteiger charge is -2.13. The molecule has 0 amide bonds. The lowest BCUT2D eigenvalue weighted by atomic mass is 10.1. The van der Waals surface area contributed by atoms with E-state index in [1.165, 1.54) is 17.7 Å². The molecular formula is C18H32IN3OS. The molecule has 0 aliphatic rings. The van der Waals surface area contributed by atoms with E-state index in [9.17, 15) is 0 Å². The number of rotatable bonds is 11. The average Bonchev–Trinajstić information content (AvgIpc) is 2.56. The van der Waals surface area contributed by atoms with Crippen LogP contribution in [0.15, 0.2) is 29.3 Å². The van der Waals surface area contributed by atoms with E-state index in [0.717, 1.165) is 44.2 Å². The highest BCUT2D eigenvalue weighted by molar-refractivity contribution is 14.0. The van der Waals surface area contributed by atoms with Crippen LogP contribution in [0.1, 0.15) is 32.3 Å². The number of nitrogens with one attached hydrogen (secondary N) is 2. The zero-order valence-corrected chi connectivity index (χ0v) is 18.3.